The molecule has 8 heteroatoms. The van der Waals surface area contributed by atoms with E-state index in [1.165, 1.54) is 24.3 Å². The summed E-state index contributed by atoms with van der Waals surface area (Å²) in [5.74, 6) is -2.09. The van der Waals surface area contributed by atoms with Crippen molar-refractivity contribution in [2.24, 2.45) is 0 Å². The Kier molecular flexibility index (Phi) is 4.29. The molecular weight excluding hydrogens is 365 g/mol. The third-order valence-electron chi connectivity index (χ3n) is 2.58. The molecule has 5 nitrogen and oxygen atoms in total. The summed E-state index contributed by atoms with van der Waals surface area (Å²) in [4.78, 5) is 10.4. The standard InChI is InChI=1S/C13H9BrFNO4S/c14-9-6-5-8(13(17)18)7-11(9)16-21(19,20)12-4-2-1-3-10(12)15/h1-7,16H,(H,17,18). The van der Waals surface area contributed by atoms with Crippen molar-refractivity contribution in [3.63, 3.8) is 0 Å². The first-order valence-corrected chi connectivity index (χ1v) is 7.89. The predicted molar refractivity (Wildman–Crippen MR) is 78.3 cm³/mol. The molecule has 0 aliphatic heterocycles. The Morgan fingerprint density at radius 2 is 1.86 bits per heavy atom. The first-order chi connectivity index (χ1) is 9.81. The number of benzene rings is 2. The Hall–Kier alpha value is -1.93. The summed E-state index contributed by atoms with van der Waals surface area (Å²) >= 11 is 3.11. The van der Waals surface area contributed by atoms with E-state index < -0.39 is 26.7 Å². The van der Waals surface area contributed by atoms with Gasteiger partial charge in [-0.05, 0) is 46.3 Å². The van der Waals surface area contributed by atoms with Crippen LogP contribution in [0, 0.1) is 5.82 Å². The molecule has 110 valence electrons. The highest BCUT2D eigenvalue weighted by Gasteiger charge is 2.20. The third kappa shape index (κ3) is 3.40. The van der Waals surface area contributed by atoms with E-state index in [2.05, 4.69) is 20.7 Å². The zero-order chi connectivity index (χ0) is 15.6. The molecule has 0 unspecified atom stereocenters. The fraction of sp³-hybridized carbons (Fsp3) is 0. The largest absolute Gasteiger partial charge is 0.478 e. The van der Waals surface area contributed by atoms with Gasteiger partial charge in [0.2, 0.25) is 0 Å². The molecule has 0 amide bonds. The lowest BCUT2D eigenvalue weighted by molar-refractivity contribution is 0.0697. The minimum Gasteiger partial charge on any atom is -0.478 e. The molecule has 0 radical (unpaired) electrons. The summed E-state index contributed by atoms with van der Waals surface area (Å²) < 4.78 is 40.3. The van der Waals surface area contributed by atoms with Crippen molar-refractivity contribution in [3.05, 3.63) is 58.3 Å². The summed E-state index contributed by atoms with van der Waals surface area (Å²) in [5, 5.41) is 8.91. The highest BCUT2D eigenvalue weighted by Crippen LogP contribution is 2.27. The molecule has 2 N–H and O–H groups in total. The van der Waals surface area contributed by atoms with Gasteiger partial charge in [-0.1, -0.05) is 12.1 Å². The fourth-order valence-electron chi connectivity index (χ4n) is 1.60. The highest BCUT2D eigenvalue weighted by atomic mass is 79.9. The molecule has 0 spiro atoms. The Labute approximate surface area is 128 Å². The molecule has 0 aliphatic carbocycles. The second-order valence-corrected chi connectivity index (χ2v) is 6.54. The Morgan fingerprint density at radius 3 is 2.48 bits per heavy atom. The summed E-state index contributed by atoms with van der Waals surface area (Å²) in [6, 6.07) is 8.75. The van der Waals surface area contributed by atoms with Gasteiger partial charge in [-0.15, -0.1) is 0 Å². The highest BCUT2D eigenvalue weighted by molar-refractivity contribution is 9.10. The van der Waals surface area contributed by atoms with Crippen molar-refractivity contribution < 1.29 is 22.7 Å². The van der Waals surface area contributed by atoms with Gasteiger partial charge in [-0.2, -0.15) is 0 Å². The number of carboxylic acid groups (broad SMARTS) is 1. The maximum atomic E-state index is 13.6. The van der Waals surface area contributed by atoms with Crippen molar-refractivity contribution >= 4 is 37.6 Å². The number of aromatic carboxylic acids is 1. The molecule has 0 heterocycles. The molecule has 0 aliphatic rings. The van der Waals surface area contributed by atoms with Gasteiger partial charge < -0.3 is 5.11 Å². The maximum Gasteiger partial charge on any atom is 0.335 e. The first kappa shape index (κ1) is 15.5. The summed E-state index contributed by atoms with van der Waals surface area (Å²) in [5.41, 5.74) is -0.0809. The first-order valence-electron chi connectivity index (χ1n) is 5.61. The average molecular weight is 374 g/mol. The molecule has 0 bridgehead atoms. The van der Waals surface area contributed by atoms with Crippen LogP contribution in [0.4, 0.5) is 10.1 Å². The molecule has 2 aromatic carbocycles. The zero-order valence-electron chi connectivity index (χ0n) is 10.4. The normalized spacial score (nSPS) is 11.1. The monoisotopic (exact) mass is 373 g/mol. The van der Waals surface area contributed by atoms with Crippen LogP contribution in [0.3, 0.4) is 0 Å². The number of carbonyl (C=O) groups is 1. The minimum atomic E-state index is -4.16. The van der Waals surface area contributed by atoms with Crippen LogP contribution in [0.25, 0.3) is 0 Å². The third-order valence-corrected chi connectivity index (χ3v) is 4.67. The zero-order valence-corrected chi connectivity index (χ0v) is 12.8. The number of carboxylic acids is 1. The van der Waals surface area contributed by atoms with Crippen LogP contribution in [0.5, 0.6) is 0 Å². The average Bonchev–Trinajstić information content (AvgIpc) is 2.41. The molecule has 0 atom stereocenters. The van der Waals surface area contributed by atoms with E-state index in [1.807, 2.05) is 0 Å². The second kappa shape index (κ2) is 5.82. The number of halogens is 2. The van der Waals surface area contributed by atoms with Crippen LogP contribution < -0.4 is 4.72 Å². The van der Waals surface area contributed by atoms with Crippen molar-refractivity contribution in [2.75, 3.05) is 4.72 Å². The van der Waals surface area contributed by atoms with Gasteiger partial charge in [0, 0.05) is 4.47 Å². The Balaban J connectivity index is 2.44. The predicted octanol–water partition coefficient (Wildman–Crippen LogP) is 3.09. The molecule has 0 saturated carbocycles. The lowest BCUT2D eigenvalue weighted by Gasteiger charge is -2.11. The minimum absolute atomic E-state index is 0.0122. The van der Waals surface area contributed by atoms with Crippen molar-refractivity contribution in [2.45, 2.75) is 4.90 Å². The number of anilines is 1. The van der Waals surface area contributed by atoms with Crippen LogP contribution in [0.2, 0.25) is 0 Å². The number of hydrogen-bond acceptors (Lipinski definition) is 3. The SMILES string of the molecule is O=C(O)c1ccc(Br)c(NS(=O)(=O)c2ccccc2F)c1. The van der Waals surface area contributed by atoms with Crippen LogP contribution >= 0.6 is 15.9 Å². The molecular formula is C13H9BrFNO4S. The summed E-state index contributed by atoms with van der Waals surface area (Å²) in [6.45, 7) is 0. The maximum absolute atomic E-state index is 13.6. The van der Waals surface area contributed by atoms with E-state index >= 15 is 0 Å². The van der Waals surface area contributed by atoms with Crippen LogP contribution in [-0.4, -0.2) is 19.5 Å². The molecule has 0 fully saturated rings. The lowest BCUT2D eigenvalue weighted by Crippen LogP contribution is -2.15. The molecule has 0 aromatic heterocycles. The second-order valence-electron chi connectivity index (χ2n) is 4.04. The molecule has 2 aromatic rings. The van der Waals surface area contributed by atoms with Crippen LogP contribution in [-0.2, 0) is 10.0 Å². The smallest absolute Gasteiger partial charge is 0.335 e. The van der Waals surface area contributed by atoms with Gasteiger partial charge in [0.25, 0.3) is 10.0 Å². The van der Waals surface area contributed by atoms with Gasteiger partial charge in [0.05, 0.1) is 11.3 Å². The van der Waals surface area contributed by atoms with E-state index in [1.54, 1.807) is 0 Å². The molecule has 2 rings (SSSR count). The van der Waals surface area contributed by atoms with E-state index in [0.29, 0.717) is 4.47 Å². The van der Waals surface area contributed by atoms with E-state index in [0.717, 1.165) is 18.2 Å². The quantitative estimate of drug-likeness (QED) is 0.862. The number of nitrogens with one attached hydrogen (secondary N) is 1. The van der Waals surface area contributed by atoms with Gasteiger partial charge in [-0.25, -0.2) is 17.6 Å². The Bertz CT molecular complexity index is 808. The Morgan fingerprint density at radius 1 is 1.19 bits per heavy atom. The summed E-state index contributed by atoms with van der Waals surface area (Å²) in [7, 11) is -4.16. The van der Waals surface area contributed by atoms with Gasteiger partial charge >= 0.3 is 5.97 Å². The number of sulfonamides is 1. The fourth-order valence-corrected chi connectivity index (χ4v) is 3.23. The lowest BCUT2D eigenvalue weighted by atomic mass is 10.2. The van der Waals surface area contributed by atoms with Gasteiger partial charge in [-0.3, -0.25) is 4.72 Å². The van der Waals surface area contributed by atoms with Crippen molar-refractivity contribution in [1.29, 1.82) is 0 Å². The van der Waals surface area contributed by atoms with E-state index in [-0.39, 0.29) is 11.3 Å². The topological polar surface area (TPSA) is 83.5 Å². The number of hydrogen-bond donors (Lipinski definition) is 2. The van der Waals surface area contributed by atoms with Crippen molar-refractivity contribution in [1.82, 2.24) is 0 Å². The molecule has 0 saturated heterocycles. The van der Waals surface area contributed by atoms with Gasteiger partial charge in [0.15, 0.2) is 0 Å². The molecule has 21 heavy (non-hydrogen) atoms. The van der Waals surface area contributed by atoms with Crippen LogP contribution in [0.15, 0.2) is 51.8 Å². The summed E-state index contributed by atoms with van der Waals surface area (Å²) in [6.07, 6.45) is 0. The number of rotatable bonds is 4. The van der Waals surface area contributed by atoms with E-state index in [9.17, 15) is 17.6 Å². The van der Waals surface area contributed by atoms with E-state index in [4.69, 9.17) is 5.11 Å². The van der Waals surface area contributed by atoms with Crippen LogP contribution in [0.1, 0.15) is 10.4 Å². The van der Waals surface area contributed by atoms with Crippen molar-refractivity contribution in [3.8, 4) is 0 Å². The van der Waals surface area contributed by atoms with Gasteiger partial charge in [0.1, 0.15) is 10.7 Å².